The Morgan fingerprint density at radius 2 is 1.76 bits per heavy atom. The van der Waals surface area contributed by atoms with Crippen molar-refractivity contribution in [2.45, 2.75) is 71.4 Å². The number of nitrogens with one attached hydrogen (secondary N) is 3. The van der Waals surface area contributed by atoms with Crippen molar-refractivity contribution in [3.63, 3.8) is 0 Å². The third kappa shape index (κ3) is 14.4. The van der Waals surface area contributed by atoms with Gasteiger partial charge in [0.05, 0.1) is 18.8 Å². The molecule has 6 rings (SSSR count). The van der Waals surface area contributed by atoms with E-state index in [0.29, 0.717) is 18.8 Å². The predicted octanol–water partition coefficient (Wildman–Crippen LogP) is 3.97. The molecule has 5 heterocycles. The van der Waals surface area contributed by atoms with Crippen LogP contribution >= 0.6 is 0 Å². The number of carbonyl (C=O) groups is 2. The molecule has 0 bridgehead atoms. The second kappa shape index (κ2) is 21.2. The molecule has 3 N–H and O–H groups in total. The second-order valence-electron chi connectivity index (χ2n) is 10.7. The number of carbonyl (C=O) groups excluding carboxylic acids is 2. The fourth-order valence-corrected chi connectivity index (χ4v) is 4.57. The van der Waals surface area contributed by atoms with E-state index in [4.69, 9.17) is 4.74 Å². The lowest BCUT2D eigenvalue weighted by Crippen LogP contribution is -2.21. The van der Waals surface area contributed by atoms with Gasteiger partial charge < -0.3 is 25.6 Å². The maximum absolute atomic E-state index is 10.1. The largest absolute Gasteiger partial charge is 0.481 e. The molecular formula is C32H51N7O3. The zero-order valence-corrected chi connectivity index (χ0v) is 26.0. The molecule has 3 saturated heterocycles. The monoisotopic (exact) mass is 581 g/mol. The molecule has 0 saturated carbocycles. The topological polar surface area (TPSA) is 113 Å². The molecule has 3 aliphatic heterocycles. The number of pyridine rings is 1. The molecule has 3 fully saturated rings. The summed E-state index contributed by atoms with van der Waals surface area (Å²) in [4.78, 5) is 25.8. The predicted molar refractivity (Wildman–Crippen MR) is 169 cm³/mol. The number of hydrogen-bond acceptors (Lipinski definition) is 7. The summed E-state index contributed by atoms with van der Waals surface area (Å²) in [5.41, 5.74) is 3.33. The number of likely N-dealkylation sites (tertiary alicyclic amines) is 1. The number of rotatable bonds is 5. The minimum atomic E-state index is 0.564. The Kier molecular flexibility index (Phi) is 17.5. The summed E-state index contributed by atoms with van der Waals surface area (Å²) in [6, 6.07) is 10.6. The summed E-state index contributed by atoms with van der Waals surface area (Å²) in [7, 11) is 3.52. The third-order valence-corrected chi connectivity index (χ3v) is 7.10. The third-order valence-electron chi connectivity index (χ3n) is 7.10. The number of fused-ring (bicyclic) bond motifs is 1. The minimum absolute atomic E-state index is 0.564. The van der Waals surface area contributed by atoms with E-state index in [-0.39, 0.29) is 0 Å². The Labute approximate surface area is 251 Å². The molecule has 42 heavy (non-hydrogen) atoms. The molecule has 0 aliphatic carbocycles. The molecule has 3 aliphatic rings. The fraction of sp³-hybridized carbons (Fsp3) is 0.562. The quantitative estimate of drug-likeness (QED) is 0.391. The van der Waals surface area contributed by atoms with Gasteiger partial charge >= 0.3 is 0 Å². The van der Waals surface area contributed by atoms with Gasteiger partial charge in [0, 0.05) is 50.4 Å². The van der Waals surface area contributed by atoms with Crippen molar-refractivity contribution in [1.29, 1.82) is 0 Å². The standard InChI is InChI=1S/C10H11N3O.C7H9NO.C5H9NO.2C5H11N/c1-13-10-3-2-8(5-11-7-14)4-9(10)6-12-13;1-6-3-4-7(9-2)8-5-6;7-5-6-3-1-2-4-6;1-5-3-2-4-6-5;1-2-4-6-5-3-1/h2-4,6-7H,5H2,1H3,(H,11,14);3-5H,1-2H3;5H,1-4H2;5-6H,2-4H2,1H3;6H,1-5H2. The molecule has 10 nitrogen and oxygen atoms in total. The van der Waals surface area contributed by atoms with Crippen molar-refractivity contribution < 1.29 is 14.3 Å². The highest BCUT2D eigenvalue weighted by Crippen LogP contribution is 2.14. The van der Waals surface area contributed by atoms with Gasteiger partial charge in [-0.1, -0.05) is 18.6 Å². The second-order valence-corrected chi connectivity index (χ2v) is 10.7. The summed E-state index contributed by atoms with van der Waals surface area (Å²) >= 11 is 0. The first kappa shape index (κ1) is 34.7. The Morgan fingerprint density at radius 1 is 1.00 bits per heavy atom. The van der Waals surface area contributed by atoms with Gasteiger partial charge in [-0.3, -0.25) is 14.3 Å². The molecule has 3 aromatic rings. The van der Waals surface area contributed by atoms with E-state index in [2.05, 4.69) is 33.0 Å². The summed E-state index contributed by atoms with van der Waals surface area (Å²) in [6.45, 7) is 10.5. The number of aryl methyl sites for hydroxylation is 2. The minimum Gasteiger partial charge on any atom is -0.481 e. The maximum Gasteiger partial charge on any atom is 0.212 e. The number of amides is 2. The molecule has 1 atom stereocenters. The number of hydrogen-bond donors (Lipinski definition) is 3. The first-order valence-electron chi connectivity index (χ1n) is 15.1. The van der Waals surface area contributed by atoms with Gasteiger partial charge in [0.15, 0.2) is 0 Å². The van der Waals surface area contributed by atoms with Gasteiger partial charge in [-0.15, -0.1) is 0 Å². The zero-order valence-electron chi connectivity index (χ0n) is 26.0. The molecule has 2 aromatic heterocycles. The molecule has 10 heteroatoms. The molecule has 0 radical (unpaired) electrons. The Bertz CT molecular complexity index is 1110. The molecule has 1 unspecified atom stereocenters. The Balaban J connectivity index is 0.000000192. The molecular weight excluding hydrogens is 530 g/mol. The van der Waals surface area contributed by atoms with Crippen LogP contribution in [0.25, 0.3) is 10.9 Å². The zero-order chi connectivity index (χ0) is 30.4. The van der Waals surface area contributed by atoms with E-state index in [0.717, 1.165) is 47.6 Å². The van der Waals surface area contributed by atoms with E-state index in [1.165, 1.54) is 64.6 Å². The van der Waals surface area contributed by atoms with Gasteiger partial charge in [0.25, 0.3) is 0 Å². The lowest BCUT2D eigenvalue weighted by molar-refractivity contribution is -0.117. The summed E-state index contributed by atoms with van der Waals surface area (Å²) in [5, 5.41) is 14.5. The van der Waals surface area contributed by atoms with Crippen LogP contribution in [0.3, 0.4) is 0 Å². The summed E-state index contributed by atoms with van der Waals surface area (Å²) < 4.78 is 6.68. The van der Waals surface area contributed by atoms with Crippen molar-refractivity contribution in [2.75, 3.05) is 39.8 Å². The van der Waals surface area contributed by atoms with Gasteiger partial charge in [-0.25, -0.2) is 4.98 Å². The van der Waals surface area contributed by atoms with Gasteiger partial charge in [-0.2, -0.15) is 5.10 Å². The van der Waals surface area contributed by atoms with Crippen LogP contribution in [0.2, 0.25) is 0 Å². The van der Waals surface area contributed by atoms with Crippen molar-refractivity contribution in [3.8, 4) is 5.88 Å². The smallest absolute Gasteiger partial charge is 0.212 e. The van der Waals surface area contributed by atoms with Crippen LogP contribution in [0.1, 0.15) is 63.0 Å². The molecule has 2 amide bonds. The SMILES string of the molecule is C1CCNCC1.CC1CCCN1.COc1ccc(C)cn1.Cn1ncc2cc(CNC=O)ccc21.O=CN1CCCC1. The molecule has 1 aromatic carbocycles. The normalized spacial score (nSPS) is 17.1. The Morgan fingerprint density at radius 3 is 2.21 bits per heavy atom. The summed E-state index contributed by atoms with van der Waals surface area (Å²) in [5.74, 6) is 0.667. The van der Waals surface area contributed by atoms with Crippen LogP contribution in [0.15, 0.2) is 42.7 Å². The van der Waals surface area contributed by atoms with E-state index in [1.807, 2.05) is 55.2 Å². The van der Waals surface area contributed by atoms with E-state index in [9.17, 15) is 9.59 Å². The van der Waals surface area contributed by atoms with Crippen LogP contribution in [0, 0.1) is 6.92 Å². The van der Waals surface area contributed by atoms with Crippen molar-refractivity contribution >= 4 is 23.7 Å². The summed E-state index contributed by atoms with van der Waals surface area (Å²) in [6.07, 6.45) is 14.6. The number of nitrogens with zero attached hydrogens (tertiary/aromatic N) is 4. The van der Waals surface area contributed by atoms with Crippen LogP contribution in [0.4, 0.5) is 0 Å². The highest BCUT2D eigenvalue weighted by Gasteiger charge is 2.07. The lowest BCUT2D eigenvalue weighted by atomic mass is 10.1. The van der Waals surface area contributed by atoms with Gasteiger partial charge in [0.1, 0.15) is 0 Å². The van der Waals surface area contributed by atoms with Gasteiger partial charge in [0.2, 0.25) is 18.7 Å². The number of benzene rings is 1. The van der Waals surface area contributed by atoms with E-state index < -0.39 is 0 Å². The first-order valence-corrected chi connectivity index (χ1v) is 15.1. The van der Waals surface area contributed by atoms with E-state index >= 15 is 0 Å². The average Bonchev–Trinajstić information content (AvgIpc) is 3.82. The highest BCUT2D eigenvalue weighted by atomic mass is 16.5. The van der Waals surface area contributed by atoms with Gasteiger partial charge in [-0.05, 0) is 95.3 Å². The van der Waals surface area contributed by atoms with Crippen molar-refractivity contribution in [2.24, 2.45) is 7.05 Å². The maximum atomic E-state index is 10.1. The van der Waals surface area contributed by atoms with Crippen LogP contribution in [0.5, 0.6) is 5.88 Å². The average molecular weight is 582 g/mol. The fourth-order valence-electron chi connectivity index (χ4n) is 4.57. The lowest BCUT2D eigenvalue weighted by Gasteiger charge is -2.08. The Hall–Kier alpha value is -3.50. The molecule has 0 spiro atoms. The van der Waals surface area contributed by atoms with Crippen LogP contribution in [-0.4, -0.2) is 78.4 Å². The number of piperidine rings is 1. The highest BCUT2D eigenvalue weighted by molar-refractivity contribution is 5.79. The first-order chi connectivity index (χ1) is 20.5. The molecule has 232 valence electrons. The number of ether oxygens (including phenoxy) is 1. The van der Waals surface area contributed by atoms with E-state index in [1.54, 1.807) is 18.2 Å². The number of methoxy groups -OCH3 is 1. The van der Waals surface area contributed by atoms with Crippen molar-refractivity contribution in [1.82, 2.24) is 35.6 Å². The van der Waals surface area contributed by atoms with Crippen molar-refractivity contribution in [3.05, 3.63) is 53.9 Å². The van der Waals surface area contributed by atoms with Crippen LogP contribution in [-0.2, 0) is 23.2 Å². The van der Waals surface area contributed by atoms with Crippen LogP contribution < -0.4 is 20.7 Å². The number of aromatic nitrogens is 3.